The largest absolute Gasteiger partial charge is 0.312 e. The van der Waals surface area contributed by atoms with E-state index in [1.807, 2.05) is 19.3 Å². The van der Waals surface area contributed by atoms with E-state index in [-0.39, 0.29) is 0 Å². The molecule has 0 spiro atoms. The van der Waals surface area contributed by atoms with Crippen molar-refractivity contribution in [1.82, 2.24) is 10.3 Å². The van der Waals surface area contributed by atoms with Crippen molar-refractivity contribution in [3.63, 3.8) is 0 Å². The van der Waals surface area contributed by atoms with Gasteiger partial charge in [-0.1, -0.05) is 39.7 Å². The van der Waals surface area contributed by atoms with Crippen LogP contribution in [0.2, 0.25) is 0 Å². The molecule has 0 saturated heterocycles. The number of hydrogen-bond acceptors (Lipinski definition) is 2. The zero-order chi connectivity index (χ0) is 12.7. The average molecular weight is 234 g/mol. The minimum absolute atomic E-state index is 0.396. The zero-order valence-electron chi connectivity index (χ0n) is 11.7. The second-order valence-corrected chi connectivity index (χ2v) is 4.87. The fourth-order valence-corrected chi connectivity index (χ4v) is 2.44. The van der Waals surface area contributed by atoms with Crippen LogP contribution in [0.4, 0.5) is 0 Å². The Morgan fingerprint density at radius 1 is 1.35 bits per heavy atom. The first-order valence-corrected chi connectivity index (χ1v) is 6.83. The van der Waals surface area contributed by atoms with Crippen molar-refractivity contribution < 1.29 is 0 Å². The minimum Gasteiger partial charge on any atom is -0.312 e. The van der Waals surface area contributed by atoms with E-state index in [2.05, 4.69) is 37.1 Å². The second kappa shape index (κ2) is 7.44. The summed E-state index contributed by atoms with van der Waals surface area (Å²) in [5, 5.41) is 3.42. The summed E-state index contributed by atoms with van der Waals surface area (Å²) >= 11 is 0. The van der Waals surface area contributed by atoms with Crippen LogP contribution in [0.15, 0.2) is 18.3 Å². The van der Waals surface area contributed by atoms with Crippen LogP contribution in [0.5, 0.6) is 0 Å². The molecule has 1 heterocycles. The van der Waals surface area contributed by atoms with Crippen molar-refractivity contribution in [2.24, 2.45) is 5.92 Å². The topological polar surface area (TPSA) is 24.9 Å². The fraction of sp³-hybridized carbons (Fsp3) is 0.667. The molecule has 0 radical (unpaired) electrons. The van der Waals surface area contributed by atoms with E-state index in [0.717, 1.165) is 12.3 Å². The monoisotopic (exact) mass is 234 g/mol. The molecule has 2 heteroatoms. The molecule has 0 saturated carbocycles. The number of nitrogens with zero attached hydrogens (tertiary/aromatic N) is 1. The Kier molecular flexibility index (Phi) is 6.20. The van der Waals surface area contributed by atoms with Gasteiger partial charge in [0.2, 0.25) is 0 Å². The Labute approximate surface area is 106 Å². The number of hydrogen-bond donors (Lipinski definition) is 1. The molecule has 2 nitrogen and oxygen atoms in total. The van der Waals surface area contributed by atoms with Crippen molar-refractivity contribution in [3.8, 4) is 0 Å². The van der Waals surface area contributed by atoms with Crippen molar-refractivity contribution >= 4 is 0 Å². The van der Waals surface area contributed by atoms with Gasteiger partial charge in [0.15, 0.2) is 0 Å². The molecule has 2 unspecified atom stereocenters. The molecule has 0 bridgehead atoms. The van der Waals surface area contributed by atoms with Gasteiger partial charge >= 0.3 is 0 Å². The molecule has 1 aromatic rings. The normalized spacial score (nSPS) is 14.6. The van der Waals surface area contributed by atoms with Gasteiger partial charge in [-0.25, -0.2) is 0 Å². The average Bonchev–Trinajstić information content (AvgIpc) is 2.36. The van der Waals surface area contributed by atoms with Crippen LogP contribution in [0.25, 0.3) is 0 Å². The third-order valence-corrected chi connectivity index (χ3v) is 3.41. The number of pyridine rings is 1. The molecule has 1 aromatic heterocycles. The van der Waals surface area contributed by atoms with E-state index in [1.54, 1.807) is 0 Å². The molecular formula is C15H26N2. The smallest absolute Gasteiger partial charge is 0.0604 e. The van der Waals surface area contributed by atoms with Gasteiger partial charge in [0, 0.05) is 12.2 Å². The Hall–Kier alpha value is -0.890. The number of aromatic nitrogens is 1. The van der Waals surface area contributed by atoms with E-state index >= 15 is 0 Å². The van der Waals surface area contributed by atoms with Gasteiger partial charge in [0.05, 0.1) is 5.69 Å². The van der Waals surface area contributed by atoms with Gasteiger partial charge in [-0.05, 0) is 37.4 Å². The molecule has 0 aliphatic carbocycles. The number of aryl methyl sites for hydroxylation is 1. The van der Waals surface area contributed by atoms with E-state index in [1.165, 1.54) is 30.5 Å². The maximum atomic E-state index is 4.57. The first-order chi connectivity index (χ1) is 8.22. The summed E-state index contributed by atoms with van der Waals surface area (Å²) in [5.74, 6) is 0.754. The Balaban J connectivity index is 2.78. The molecular weight excluding hydrogens is 208 g/mol. The van der Waals surface area contributed by atoms with Crippen LogP contribution < -0.4 is 5.32 Å². The Morgan fingerprint density at radius 2 is 2.12 bits per heavy atom. The van der Waals surface area contributed by atoms with Crippen LogP contribution in [-0.2, 0) is 6.42 Å². The molecule has 0 aliphatic heterocycles. The van der Waals surface area contributed by atoms with Crippen molar-refractivity contribution in [2.75, 3.05) is 7.05 Å². The third kappa shape index (κ3) is 4.12. The maximum Gasteiger partial charge on any atom is 0.0604 e. The van der Waals surface area contributed by atoms with E-state index in [0.29, 0.717) is 6.04 Å². The van der Waals surface area contributed by atoms with Crippen LogP contribution in [0, 0.1) is 5.92 Å². The highest BCUT2D eigenvalue weighted by Gasteiger charge is 2.16. The van der Waals surface area contributed by atoms with Gasteiger partial charge in [-0.2, -0.15) is 0 Å². The summed E-state index contributed by atoms with van der Waals surface area (Å²) in [5.41, 5.74) is 2.61. The predicted molar refractivity (Wildman–Crippen MR) is 74.1 cm³/mol. The second-order valence-electron chi connectivity index (χ2n) is 4.87. The highest BCUT2D eigenvalue weighted by Crippen LogP contribution is 2.24. The standard InChI is InChI=1S/C15H26N2/c1-5-8-12(3)11-14(16-4)15-13(6-2)9-7-10-17-15/h7,9-10,12,14,16H,5-6,8,11H2,1-4H3. The summed E-state index contributed by atoms with van der Waals surface area (Å²) in [6.45, 7) is 6.79. The lowest BCUT2D eigenvalue weighted by atomic mass is 9.93. The first kappa shape index (κ1) is 14.2. The zero-order valence-corrected chi connectivity index (χ0v) is 11.7. The van der Waals surface area contributed by atoms with E-state index < -0.39 is 0 Å². The lowest BCUT2D eigenvalue weighted by Gasteiger charge is -2.21. The number of rotatable bonds is 7. The summed E-state index contributed by atoms with van der Waals surface area (Å²) < 4.78 is 0. The molecule has 0 aliphatic rings. The van der Waals surface area contributed by atoms with Crippen LogP contribution >= 0.6 is 0 Å². The maximum absolute atomic E-state index is 4.57. The van der Waals surface area contributed by atoms with Crippen LogP contribution in [-0.4, -0.2) is 12.0 Å². The highest BCUT2D eigenvalue weighted by atomic mass is 14.9. The molecule has 2 atom stereocenters. The minimum atomic E-state index is 0.396. The SMILES string of the molecule is CCCC(C)CC(NC)c1ncccc1CC. The quantitative estimate of drug-likeness (QED) is 0.777. The molecule has 1 N–H and O–H groups in total. The lowest BCUT2D eigenvalue weighted by molar-refractivity contribution is 0.400. The Morgan fingerprint density at radius 3 is 2.71 bits per heavy atom. The van der Waals surface area contributed by atoms with Gasteiger partial charge in [-0.3, -0.25) is 4.98 Å². The third-order valence-electron chi connectivity index (χ3n) is 3.41. The summed E-state index contributed by atoms with van der Waals surface area (Å²) in [6, 6.07) is 4.62. The van der Waals surface area contributed by atoms with Gasteiger partial charge in [0.25, 0.3) is 0 Å². The van der Waals surface area contributed by atoms with Gasteiger partial charge in [-0.15, -0.1) is 0 Å². The summed E-state index contributed by atoms with van der Waals surface area (Å²) in [6.07, 6.45) is 6.70. The Bertz CT molecular complexity index is 322. The molecule has 96 valence electrons. The first-order valence-electron chi connectivity index (χ1n) is 6.83. The molecule has 0 amide bonds. The van der Waals surface area contributed by atoms with Gasteiger partial charge < -0.3 is 5.32 Å². The van der Waals surface area contributed by atoms with Crippen molar-refractivity contribution in [2.45, 2.75) is 52.5 Å². The summed E-state index contributed by atoms with van der Waals surface area (Å²) in [7, 11) is 2.04. The molecule has 0 fully saturated rings. The van der Waals surface area contributed by atoms with Crippen molar-refractivity contribution in [3.05, 3.63) is 29.6 Å². The predicted octanol–water partition coefficient (Wildman–Crippen LogP) is 3.73. The van der Waals surface area contributed by atoms with Crippen molar-refractivity contribution in [1.29, 1.82) is 0 Å². The van der Waals surface area contributed by atoms with E-state index in [4.69, 9.17) is 0 Å². The summed E-state index contributed by atoms with van der Waals surface area (Å²) in [4.78, 5) is 4.57. The fourth-order valence-electron chi connectivity index (χ4n) is 2.44. The lowest BCUT2D eigenvalue weighted by Crippen LogP contribution is -2.21. The van der Waals surface area contributed by atoms with E-state index in [9.17, 15) is 0 Å². The van der Waals surface area contributed by atoms with Gasteiger partial charge in [0.1, 0.15) is 0 Å². The molecule has 0 aromatic carbocycles. The molecule has 1 rings (SSSR count). The van der Waals surface area contributed by atoms with Crippen LogP contribution in [0.1, 0.15) is 57.3 Å². The molecule has 17 heavy (non-hydrogen) atoms. The van der Waals surface area contributed by atoms with Crippen LogP contribution in [0.3, 0.4) is 0 Å². The highest BCUT2D eigenvalue weighted by molar-refractivity contribution is 5.22. The number of nitrogens with one attached hydrogen (secondary N) is 1.